The fourth-order valence-electron chi connectivity index (χ4n) is 1.74. The van der Waals surface area contributed by atoms with E-state index in [4.69, 9.17) is 0 Å². The Labute approximate surface area is 105 Å². The van der Waals surface area contributed by atoms with Crippen molar-refractivity contribution < 1.29 is 4.79 Å². The van der Waals surface area contributed by atoms with Gasteiger partial charge in [0, 0.05) is 29.5 Å². The van der Waals surface area contributed by atoms with Gasteiger partial charge in [0.2, 0.25) is 11.6 Å². The summed E-state index contributed by atoms with van der Waals surface area (Å²) in [6.45, 7) is 5.22. The molecule has 4 nitrogen and oxygen atoms in total. The number of ketones is 1. The number of fused-ring (bicyclic) bond motifs is 1. The van der Waals surface area contributed by atoms with Gasteiger partial charge in [0.15, 0.2) is 0 Å². The molecule has 0 radical (unpaired) electrons. The van der Waals surface area contributed by atoms with Crippen LogP contribution in [0, 0.1) is 0 Å². The monoisotopic (exact) mass is 239 g/mol. The molecule has 0 bridgehead atoms. The van der Waals surface area contributed by atoms with E-state index in [1.807, 2.05) is 24.3 Å². The number of nitrogens with one attached hydrogen (secondary N) is 1. The van der Waals surface area contributed by atoms with E-state index in [-0.39, 0.29) is 11.6 Å². The summed E-state index contributed by atoms with van der Waals surface area (Å²) in [6.07, 6.45) is 4.53. The van der Waals surface area contributed by atoms with Crippen LogP contribution < -0.4 is 0 Å². The molecule has 90 valence electrons. The van der Waals surface area contributed by atoms with Crippen LogP contribution in [0.2, 0.25) is 0 Å². The van der Waals surface area contributed by atoms with E-state index in [0.717, 1.165) is 10.9 Å². The molecule has 0 amide bonds. The molecule has 0 aliphatic rings. The Morgan fingerprint density at radius 3 is 2.89 bits per heavy atom. The number of Topliss-reactive ketones (excluding diaryl/α,β-unsaturated/α-hetero) is 1. The number of carbonyl (C=O) groups is 1. The van der Waals surface area contributed by atoms with E-state index in [9.17, 15) is 4.79 Å². The first-order valence-electron chi connectivity index (χ1n) is 5.56. The minimum Gasteiger partial charge on any atom is -0.360 e. The summed E-state index contributed by atoms with van der Waals surface area (Å²) in [7, 11) is 0. The predicted molar refractivity (Wildman–Crippen MR) is 74.4 cm³/mol. The summed E-state index contributed by atoms with van der Waals surface area (Å²) in [5.41, 5.74) is 1.48. The minimum absolute atomic E-state index is 0.136. The minimum atomic E-state index is -0.217. The van der Waals surface area contributed by atoms with E-state index in [1.54, 1.807) is 13.1 Å². The zero-order valence-electron chi connectivity index (χ0n) is 10.1. The SMILES string of the molecule is C=C/N=C(\N=C/C)C(=O)c1c[nH]c2ccccc12. The van der Waals surface area contributed by atoms with E-state index in [0.29, 0.717) is 5.56 Å². The first-order chi connectivity index (χ1) is 8.77. The molecule has 0 spiro atoms. The van der Waals surface area contributed by atoms with Crippen molar-refractivity contribution in [3.05, 3.63) is 48.8 Å². The van der Waals surface area contributed by atoms with Crippen molar-refractivity contribution in [2.24, 2.45) is 9.98 Å². The Kier molecular flexibility index (Phi) is 3.48. The second-order valence-electron chi connectivity index (χ2n) is 3.60. The Bertz CT molecular complexity index is 650. The average molecular weight is 239 g/mol. The highest BCUT2D eigenvalue weighted by molar-refractivity contribution is 6.48. The zero-order chi connectivity index (χ0) is 13.0. The highest BCUT2D eigenvalue weighted by Crippen LogP contribution is 2.18. The van der Waals surface area contributed by atoms with Crippen LogP contribution in [0.3, 0.4) is 0 Å². The standard InChI is InChI=1S/C14H13N3O/c1-3-15-14(16-4-2)13(18)11-9-17-12-8-6-5-7-10(11)12/h3-9,17H,1H2,2H3/b15-14-,16-4-. The number of hydrogen-bond donors (Lipinski definition) is 1. The molecule has 1 N–H and O–H groups in total. The molecule has 0 saturated carbocycles. The fraction of sp³-hybridized carbons (Fsp3) is 0.0714. The molecule has 0 aliphatic carbocycles. The number of H-pyrrole nitrogens is 1. The molecule has 18 heavy (non-hydrogen) atoms. The maximum absolute atomic E-state index is 12.3. The van der Waals surface area contributed by atoms with Gasteiger partial charge in [0.25, 0.3) is 0 Å². The molecule has 0 atom stereocenters. The highest BCUT2D eigenvalue weighted by Gasteiger charge is 2.16. The van der Waals surface area contributed by atoms with E-state index in [1.165, 1.54) is 12.4 Å². The molecular formula is C14H13N3O. The summed E-state index contributed by atoms with van der Waals surface area (Å²) in [5.74, 6) is -0.0808. The van der Waals surface area contributed by atoms with Crippen molar-refractivity contribution in [2.45, 2.75) is 6.92 Å². The van der Waals surface area contributed by atoms with Gasteiger partial charge in [-0.1, -0.05) is 24.8 Å². The third-order valence-electron chi connectivity index (χ3n) is 2.50. The Morgan fingerprint density at radius 1 is 1.39 bits per heavy atom. The largest absolute Gasteiger partial charge is 0.360 e. The summed E-state index contributed by atoms with van der Waals surface area (Å²) in [4.78, 5) is 23.2. The summed E-state index contributed by atoms with van der Waals surface area (Å²) >= 11 is 0. The number of rotatable bonds is 3. The van der Waals surface area contributed by atoms with Crippen LogP contribution >= 0.6 is 0 Å². The van der Waals surface area contributed by atoms with Crippen molar-refractivity contribution >= 4 is 28.7 Å². The second kappa shape index (κ2) is 5.23. The van der Waals surface area contributed by atoms with Gasteiger partial charge in [-0.05, 0) is 13.0 Å². The van der Waals surface area contributed by atoms with Gasteiger partial charge in [-0.25, -0.2) is 9.98 Å². The Balaban J connectivity index is 2.51. The molecule has 2 rings (SSSR count). The number of para-hydroxylation sites is 1. The number of aromatic nitrogens is 1. The molecule has 2 aromatic rings. The third kappa shape index (κ3) is 2.13. The van der Waals surface area contributed by atoms with Crippen LogP contribution in [-0.2, 0) is 0 Å². The Hall–Kier alpha value is -2.49. The normalized spacial score (nSPS) is 12.2. The van der Waals surface area contributed by atoms with Gasteiger partial charge >= 0.3 is 0 Å². The first-order valence-corrected chi connectivity index (χ1v) is 5.56. The smallest absolute Gasteiger partial charge is 0.232 e. The molecule has 1 aromatic heterocycles. The lowest BCUT2D eigenvalue weighted by atomic mass is 10.1. The van der Waals surface area contributed by atoms with Gasteiger partial charge in [-0.2, -0.15) is 0 Å². The maximum Gasteiger partial charge on any atom is 0.232 e. The lowest BCUT2D eigenvalue weighted by Crippen LogP contribution is -2.11. The van der Waals surface area contributed by atoms with Gasteiger partial charge in [0.05, 0.1) is 5.56 Å². The number of benzene rings is 1. The molecule has 4 heteroatoms. The van der Waals surface area contributed by atoms with Crippen LogP contribution in [0.5, 0.6) is 0 Å². The van der Waals surface area contributed by atoms with Crippen molar-refractivity contribution in [1.82, 2.24) is 4.98 Å². The Morgan fingerprint density at radius 2 is 2.17 bits per heavy atom. The van der Waals surface area contributed by atoms with Gasteiger partial charge in [0.1, 0.15) is 0 Å². The van der Waals surface area contributed by atoms with Gasteiger partial charge in [-0.15, -0.1) is 0 Å². The quantitative estimate of drug-likeness (QED) is 0.499. The molecule has 0 unspecified atom stereocenters. The molecule has 1 aromatic carbocycles. The average Bonchev–Trinajstić information content (AvgIpc) is 2.81. The summed E-state index contributed by atoms with van der Waals surface area (Å²) in [5, 5.41) is 0.866. The molecule has 0 aliphatic heterocycles. The van der Waals surface area contributed by atoms with Gasteiger partial charge < -0.3 is 4.98 Å². The van der Waals surface area contributed by atoms with Crippen molar-refractivity contribution in [3.8, 4) is 0 Å². The number of hydrogen-bond acceptors (Lipinski definition) is 2. The fourth-order valence-corrected chi connectivity index (χ4v) is 1.74. The second-order valence-corrected chi connectivity index (χ2v) is 3.60. The van der Waals surface area contributed by atoms with Crippen molar-refractivity contribution in [1.29, 1.82) is 0 Å². The van der Waals surface area contributed by atoms with E-state index < -0.39 is 0 Å². The number of nitrogens with zero attached hydrogens (tertiary/aromatic N) is 2. The first kappa shape index (κ1) is 12.0. The van der Waals surface area contributed by atoms with Gasteiger partial charge in [-0.3, -0.25) is 4.79 Å². The number of aromatic amines is 1. The van der Waals surface area contributed by atoms with Crippen LogP contribution in [-0.4, -0.2) is 22.8 Å². The van der Waals surface area contributed by atoms with Crippen molar-refractivity contribution in [3.63, 3.8) is 0 Å². The van der Waals surface area contributed by atoms with Crippen LogP contribution in [0.25, 0.3) is 10.9 Å². The number of amidine groups is 1. The maximum atomic E-state index is 12.3. The molecule has 1 heterocycles. The van der Waals surface area contributed by atoms with E-state index in [2.05, 4.69) is 21.5 Å². The predicted octanol–water partition coefficient (Wildman–Crippen LogP) is 2.98. The lowest BCUT2D eigenvalue weighted by molar-refractivity contribution is 0.106. The molecule has 0 fully saturated rings. The summed E-state index contributed by atoms with van der Waals surface area (Å²) in [6, 6.07) is 7.61. The third-order valence-corrected chi connectivity index (χ3v) is 2.50. The lowest BCUT2D eigenvalue weighted by Gasteiger charge is -1.98. The zero-order valence-corrected chi connectivity index (χ0v) is 10.1. The molecular weight excluding hydrogens is 226 g/mol. The number of aliphatic imine (C=N–C) groups is 2. The number of carbonyl (C=O) groups excluding carboxylic acids is 1. The molecule has 0 saturated heterocycles. The van der Waals surface area contributed by atoms with Crippen molar-refractivity contribution in [2.75, 3.05) is 0 Å². The van der Waals surface area contributed by atoms with E-state index >= 15 is 0 Å². The topological polar surface area (TPSA) is 57.6 Å². The highest BCUT2D eigenvalue weighted by atomic mass is 16.1. The van der Waals surface area contributed by atoms with Crippen LogP contribution in [0.15, 0.2) is 53.2 Å². The van der Waals surface area contributed by atoms with Crippen LogP contribution in [0.4, 0.5) is 0 Å². The van der Waals surface area contributed by atoms with Crippen LogP contribution in [0.1, 0.15) is 17.3 Å². The summed E-state index contributed by atoms with van der Waals surface area (Å²) < 4.78 is 0.